The Morgan fingerprint density at radius 3 is 2.42 bits per heavy atom. The van der Waals surface area contributed by atoms with E-state index in [0.717, 1.165) is 11.3 Å². The molecule has 1 aromatic heterocycles. The summed E-state index contributed by atoms with van der Waals surface area (Å²) in [7, 11) is 0. The molecule has 6 nitrogen and oxygen atoms in total. The molecular formula is C24H24N4O2S. The summed E-state index contributed by atoms with van der Waals surface area (Å²) in [6, 6.07) is 17.4. The topological polar surface area (TPSA) is 74.7 Å². The number of anilines is 2. The predicted octanol–water partition coefficient (Wildman–Crippen LogP) is 5.23. The van der Waals surface area contributed by atoms with Crippen molar-refractivity contribution < 1.29 is 9.59 Å². The Bertz CT molecular complexity index is 1130. The van der Waals surface area contributed by atoms with Crippen molar-refractivity contribution in [1.82, 2.24) is 4.98 Å². The van der Waals surface area contributed by atoms with Crippen LogP contribution in [0.2, 0.25) is 0 Å². The van der Waals surface area contributed by atoms with Gasteiger partial charge in [0.2, 0.25) is 5.91 Å². The number of hydrogen-bond donors (Lipinski definition) is 1. The minimum atomic E-state index is -0.336. The summed E-state index contributed by atoms with van der Waals surface area (Å²) < 4.78 is 0. The van der Waals surface area contributed by atoms with Gasteiger partial charge in [-0.25, -0.2) is 9.99 Å². The van der Waals surface area contributed by atoms with Crippen LogP contribution in [0.15, 0.2) is 65.1 Å². The maximum absolute atomic E-state index is 12.7. The van der Waals surface area contributed by atoms with Gasteiger partial charge in [-0.2, -0.15) is 5.10 Å². The van der Waals surface area contributed by atoms with E-state index in [1.807, 2.05) is 23.6 Å². The zero-order valence-corrected chi connectivity index (χ0v) is 18.6. The van der Waals surface area contributed by atoms with Gasteiger partial charge in [0.1, 0.15) is 5.71 Å². The highest BCUT2D eigenvalue weighted by molar-refractivity contribution is 7.14. The Balaban J connectivity index is 1.48. The maximum Gasteiger partial charge on any atom is 0.273 e. The van der Waals surface area contributed by atoms with Gasteiger partial charge in [-0.1, -0.05) is 63.2 Å². The number of aromatic nitrogens is 1. The Hall–Kier alpha value is -3.32. The fourth-order valence-corrected chi connectivity index (χ4v) is 3.98. The molecule has 0 atom stereocenters. The molecule has 0 fully saturated rings. The highest BCUT2D eigenvalue weighted by atomic mass is 32.1. The molecule has 0 radical (unpaired) electrons. The van der Waals surface area contributed by atoms with Crippen LogP contribution in [-0.2, 0) is 15.0 Å². The standard InChI is InChI=1S/C24H24N4O2S/c1-24(2,3)17-11-9-16(10-12-17)20-15-31-23(25-20)26-22(30)19-13-14-21(29)28(27-19)18-7-5-4-6-8-18/h4-12,15H,13-14H2,1-3H3,(H,25,26,30). The third-order valence-corrected chi connectivity index (χ3v) is 5.82. The van der Waals surface area contributed by atoms with E-state index in [4.69, 9.17) is 0 Å². The summed E-state index contributed by atoms with van der Waals surface area (Å²) in [5.74, 6) is -0.463. The van der Waals surface area contributed by atoms with Gasteiger partial charge in [-0.3, -0.25) is 14.9 Å². The number of benzene rings is 2. The quantitative estimate of drug-likeness (QED) is 0.613. The minimum Gasteiger partial charge on any atom is -0.297 e. The number of nitrogens with one attached hydrogen (secondary N) is 1. The lowest BCUT2D eigenvalue weighted by Crippen LogP contribution is -2.36. The molecule has 1 aliphatic rings. The van der Waals surface area contributed by atoms with E-state index in [2.05, 4.69) is 60.4 Å². The molecule has 0 saturated heterocycles. The number of hydrazone groups is 1. The first kappa shape index (κ1) is 20.9. The lowest BCUT2D eigenvalue weighted by Gasteiger charge is -2.22. The Morgan fingerprint density at radius 2 is 1.74 bits per heavy atom. The van der Waals surface area contributed by atoms with Crippen molar-refractivity contribution in [2.24, 2.45) is 5.10 Å². The van der Waals surface area contributed by atoms with Crippen molar-refractivity contribution in [1.29, 1.82) is 0 Å². The molecule has 0 saturated carbocycles. The van der Waals surface area contributed by atoms with Crippen molar-refractivity contribution in [2.45, 2.75) is 39.0 Å². The van der Waals surface area contributed by atoms with Crippen molar-refractivity contribution in [2.75, 3.05) is 10.3 Å². The van der Waals surface area contributed by atoms with E-state index in [-0.39, 0.29) is 23.7 Å². The number of para-hydroxylation sites is 1. The first-order valence-corrected chi connectivity index (χ1v) is 11.0. The van der Waals surface area contributed by atoms with E-state index in [1.54, 1.807) is 12.1 Å². The number of rotatable bonds is 4. The second-order valence-corrected chi connectivity index (χ2v) is 9.27. The lowest BCUT2D eigenvalue weighted by atomic mass is 9.86. The molecule has 158 valence electrons. The van der Waals surface area contributed by atoms with E-state index in [1.165, 1.54) is 21.9 Å². The monoisotopic (exact) mass is 432 g/mol. The Labute approximate surface area is 185 Å². The van der Waals surface area contributed by atoms with Crippen LogP contribution in [0.1, 0.15) is 39.2 Å². The van der Waals surface area contributed by atoms with E-state index in [9.17, 15) is 9.59 Å². The fraction of sp³-hybridized carbons (Fsp3) is 0.250. The summed E-state index contributed by atoms with van der Waals surface area (Å²) >= 11 is 1.37. The largest absolute Gasteiger partial charge is 0.297 e. The molecule has 2 aromatic carbocycles. The summed E-state index contributed by atoms with van der Waals surface area (Å²) in [5.41, 5.74) is 4.12. The van der Waals surface area contributed by atoms with Gasteiger partial charge in [0.05, 0.1) is 11.4 Å². The second-order valence-electron chi connectivity index (χ2n) is 8.41. The van der Waals surface area contributed by atoms with E-state index < -0.39 is 0 Å². The van der Waals surface area contributed by atoms with Crippen molar-refractivity contribution in [3.8, 4) is 11.3 Å². The van der Waals surface area contributed by atoms with Crippen LogP contribution in [0.4, 0.5) is 10.8 Å². The lowest BCUT2D eigenvalue weighted by molar-refractivity contribution is -0.118. The van der Waals surface area contributed by atoms with Crippen LogP contribution in [0.5, 0.6) is 0 Å². The third-order valence-electron chi connectivity index (χ3n) is 5.07. The minimum absolute atomic E-state index is 0.0927. The number of thiazole rings is 1. The van der Waals surface area contributed by atoms with Crippen molar-refractivity contribution >= 4 is 39.7 Å². The summed E-state index contributed by atoms with van der Waals surface area (Å²) in [6.07, 6.45) is 0.547. The van der Waals surface area contributed by atoms with Crippen LogP contribution in [0.25, 0.3) is 11.3 Å². The number of nitrogens with zero attached hydrogens (tertiary/aromatic N) is 3. The van der Waals surface area contributed by atoms with Gasteiger partial charge in [-0.05, 0) is 23.1 Å². The highest BCUT2D eigenvalue weighted by Crippen LogP contribution is 2.28. The first-order valence-electron chi connectivity index (χ1n) is 10.1. The summed E-state index contributed by atoms with van der Waals surface area (Å²) in [5, 5.41) is 10.8. The second kappa shape index (κ2) is 8.43. The molecule has 4 rings (SSSR count). The predicted molar refractivity (Wildman–Crippen MR) is 125 cm³/mol. The van der Waals surface area contributed by atoms with Crippen molar-refractivity contribution in [3.63, 3.8) is 0 Å². The van der Waals surface area contributed by atoms with Gasteiger partial charge >= 0.3 is 0 Å². The third kappa shape index (κ3) is 4.72. The highest BCUT2D eigenvalue weighted by Gasteiger charge is 2.26. The molecule has 7 heteroatoms. The van der Waals surface area contributed by atoms with Crippen LogP contribution < -0.4 is 10.3 Å². The number of amides is 2. The zero-order valence-electron chi connectivity index (χ0n) is 17.8. The molecule has 0 bridgehead atoms. The van der Waals surface area contributed by atoms with Gasteiger partial charge < -0.3 is 0 Å². The number of hydrogen-bond acceptors (Lipinski definition) is 5. The van der Waals surface area contributed by atoms with Crippen LogP contribution in [0, 0.1) is 0 Å². The SMILES string of the molecule is CC(C)(C)c1ccc(-c2csc(NC(=O)C3=NN(c4ccccc4)C(=O)CC3)n2)cc1. The molecule has 0 spiro atoms. The maximum atomic E-state index is 12.7. The number of carbonyl (C=O) groups is 2. The van der Waals surface area contributed by atoms with Gasteiger partial charge in [0.15, 0.2) is 5.13 Å². The molecule has 3 aromatic rings. The normalized spacial score (nSPS) is 14.4. The van der Waals surface area contributed by atoms with E-state index in [0.29, 0.717) is 23.0 Å². The molecular weight excluding hydrogens is 408 g/mol. The smallest absolute Gasteiger partial charge is 0.273 e. The molecule has 1 N–H and O–H groups in total. The Kier molecular flexibility index (Phi) is 5.69. The summed E-state index contributed by atoms with van der Waals surface area (Å²) in [6.45, 7) is 6.54. The van der Waals surface area contributed by atoms with Crippen LogP contribution in [0.3, 0.4) is 0 Å². The van der Waals surface area contributed by atoms with Crippen molar-refractivity contribution in [3.05, 3.63) is 65.5 Å². The average molecular weight is 433 g/mol. The fourth-order valence-electron chi connectivity index (χ4n) is 3.26. The average Bonchev–Trinajstić information content (AvgIpc) is 3.22. The molecule has 31 heavy (non-hydrogen) atoms. The molecule has 1 aliphatic heterocycles. The van der Waals surface area contributed by atoms with Gasteiger partial charge in [0.25, 0.3) is 5.91 Å². The van der Waals surface area contributed by atoms with Gasteiger partial charge in [-0.15, -0.1) is 11.3 Å². The van der Waals surface area contributed by atoms with Crippen LogP contribution in [-0.4, -0.2) is 22.5 Å². The van der Waals surface area contributed by atoms with Crippen LogP contribution >= 0.6 is 11.3 Å². The molecule has 2 amide bonds. The zero-order chi connectivity index (χ0) is 22.0. The first-order chi connectivity index (χ1) is 14.8. The van der Waals surface area contributed by atoms with E-state index >= 15 is 0 Å². The van der Waals surface area contributed by atoms with Gasteiger partial charge in [0, 0.05) is 23.8 Å². The Morgan fingerprint density at radius 1 is 1.03 bits per heavy atom. The molecule has 0 aliphatic carbocycles. The molecule has 2 heterocycles. The summed E-state index contributed by atoms with van der Waals surface area (Å²) in [4.78, 5) is 29.5. The number of carbonyl (C=O) groups excluding carboxylic acids is 2. The molecule has 0 unspecified atom stereocenters.